The Kier molecular flexibility index (Phi) is 6.64. The molecule has 0 spiro atoms. The Labute approximate surface area is 131 Å². The fraction of sp³-hybridized carbons (Fsp3) is 0.500. The van der Waals surface area contributed by atoms with E-state index in [1.165, 1.54) is 31.2 Å². The average Bonchev–Trinajstić information content (AvgIpc) is 2.38. The van der Waals surface area contributed by atoms with Crippen molar-refractivity contribution in [1.82, 2.24) is 10.0 Å². The van der Waals surface area contributed by atoms with E-state index in [0.29, 0.717) is 5.02 Å². The fourth-order valence-electron chi connectivity index (χ4n) is 1.84. The highest BCUT2D eigenvalue weighted by molar-refractivity contribution is 7.89. The summed E-state index contributed by atoms with van der Waals surface area (Å²) in [4.78, 5) is 12.0. The van der Waals surface area contributed by atoms with E-state index in [4.69, 9.17) is 11.6 Å². The number of carbonyl (C=O) groups is 1. The normalized spacial score (nSPS) is 14.5. The average molecular weight is 333 g/mol. The number of hydrogen-bond acceptors (Lipinski definition) is 3. The first kappa shape index (κ1) is 17.9. The summed E-state index contributed by atoms with van der Waals surface area (Å²) in [5.41, 5.74) is 0. The molecular formula is C14H21ClN2O3S. The molecule has 0 aromatic heterocycles. The summed E-state index contributed by atoms with van der Waals surface area (Å²) in [5, 5.41) is 3.23. The van der Waals surface area contributed by atoms with Gasteiger partial charge in [-0.3, -0.25) is 4.79 Å². The Morgan fingerprint density at radius 2 is 1.81 bits per heavy atom. The van der Waals surface area contributed by atoms with Gasteiger partial charge in [-0.1, -0.05) is 24.9 Å². The van der Waals surface area contributed by atoms with E-state index in [2.05, 4.69) is 10.0 Å². The summed E-state index contributed by atoms with van der Waals surface area (Å²) in [6.45, 7) is 5.43. The van der Waals surface area contributed by atoms with E-state index in [-0.39, 0.29) is 16.8 Å². The topological polar surface area (TPSA) is 75.3 Å². The molecule has 1 rings (SSSR count). The fourth-order valence-corrected chi connectivity index (χ4v) is 3.17. The van der Waals surface area contributed by atoms with Gasteiger partial charge in [-0.15, -0.1) is 0 Å². The lowest BCUT2D eigenvalue weighted by Gasteiger charge is -2.18. The second-order valence-corrected chi connectivity index (χ2v) is 7.15. The van der Waals surface area contributed by atoms with Crippen molar-refractivity contribution >= 4 is 27.5 Å². The number of benzene rings is 1. The quantitative estimate of drug-likeness (QED) is 0.804. The molecule has 118 valence electrons. The highest BCUT2D eigenvalue weighted by atomic mass is 35.5. The van der Waals surface area contributed by atoms with Crippen molar-refractivity contribution in [2.75, 3.05) is 0 Å². The van der Waals surface area contributed by atoms with Gasteiger partial charge >= 0.3 is 0 Å². The van der Waals surface area contributed by atoms with Gasteiger partial charge < -0.3 is 5.32 Å². The van der Waals surface area contributed by atoms with E-state index < -0.39 is 16.1 Å². The SMILES string of the molecule is CCC[C@H](C)NC(=O)[C@@H](C)NS(=O)(=O)c1ccc(Cl)cc1. The summed E-state index contributed by atoms with van der Waals surface area (Å²) in [7, 11) is -3.74. The molecule has 0 fully saturated rings. The van der Waals surface area contributed by atoms with Crippen LogP contribution in [0.15, 0.2) is 29.2 Å². The minimum Gasteiger partial charge on any atom is -0.352 e. The Bertz CT molecular complexity index is 572. The van der Waals surface area contributed by atoms with E-state index in [9.17, 15) is 13.2 Å². The molecule has 0 saturated carbocycles. The largest absolute Gasteiger partial charge is 0.352 e. The molecule has 0 bridgehead atoms. The third-order valence-electron chi connectivity index (χ3n) is 2.96. The van der Waals surface area contributed by atoms with Crippen molar-refractivity contribution < 1.29 is 13.2 Å². The number of hydrogen-bond donors (Lipinski definition) is 2. The first-order valence-corrected chi connectivity index (χ1v) is 8.70. The minimum absolute atomic E-state index is 0.0185. The second-order valence-electron chi connectivity index (χ2n) is 5.00. The van der Waals surface area contributed by atoms with Crippen LogP contribution in [0.25, 0.3) is 0 Å². The highest BCUT2D eigenvalue weighted by Gasteiger charge is 2.22. The first-order valence-electron chi connectivity index (χ1n) is 6.84. The third-order valence-corrected chi connectivity index (χ3v) is 4.77. The molecule has 2 atom stereocenters. The smallest absolute Gasteiger partial charge is 0.241 e. The molecule has 2 N–H and O–H groups in total. The minimum atomic E-state index is -3.74. The van der Waals surface area contributed by atoms with Crippen molar-refractivity contribution in [1.29, 1.82) is 0 Å². The molecule has 0 saturated heterocycles. The van der Waals surface area contributed by atoms with Crippen LogP contribution in [0, 0.1) is 0 Å². The molecule has 0 aliphatic rings. The van der Waals surface area contributed by atoms with Crippen LogP contribution in [0.1, 0.15) is 33.6 Å². The van der Waals surface area contributed by atoms with Crippen LogP contribution < -0.4 is 10.0 Å². The molecule has 0 aliphatic heterocycles. The molecule has 21 heavy (non-hydrogen) atoms. The maximum absolute atomic E-state index is 12.1. The predicted octanol–water partition coefficient (Wildman–Crippen LogP) is 2.31. The number of amides is 1. The van der Waals surface area contributed by atoms with Crippen LogP contribution in [0.2, 0.25) is 5.02 Å². The summed E-state index contributed by atoms with van der Waals surface area (Å²) in [5.74, 6) is -0.339. The molecule has 0 heterocycles. The zero-order chi connectivity index (χ0) is 16.0. The predicted molar refractivity (Wildman–Crippen MR) is 83.7 cm³/mol. The van der Waals surface area contributed by atoms with E-state index in [1.807, 2.05) is 13.8 Å². The van der Waals surface area contributed by atoms with E-state index in [0.717, 1.165) is 12.8 Å². The van der Waals surface area contributed by atoms with Gasteiger partial charge in [0.2, 0.25) is 15.9 Å². The van der Waals surface area contributed by atoms with Crippen LogP contribution in [-0.4, -0.2) is 26.4 Å². The van der Waals surface area contributed by atoms with Crippen molar-refractivity contribution in [3.8, 4) is 0 Å². The zero-order valence-corrected chi connectivity index (χ0v) is 14.0. The molecule has 0 radical (unpaired) electrons. The summed E-state index contributed by atoms with van der Waals surface area (Å²) >= 11 is 5.73. The van der Waals surface area contributed by atoms with Gasteiger partial charge in [-0.2, -0.15) is 4.72 Å². The number of carbonyl (C=O) groups excluding carboxylic acids is 1. The van der Waals surface area contributed by atoms with Gasteiger partial charge in [0.05, 0.1) is 10.9 Å². The van der Waals surface area contributed by atoms with Crippen LogP contribution in [0.4, 0.5) is 0 Å². The van der Waals surface area contributed by atoms with Crippen LogP contribution in [0.3, 0.4) is 0 Å². The lowest BCUT2D eigenvalue weighted by Crippen LogP contribution is -2.47. The monoisotopic (exact) mass is 332 g/mol. The van der Waals surface area contributed by atoms with Crippen molar-refractivity contribution in [2.24, 2.45) is 0 Å². The molecule has 1 aromatic carbocycles. The lowest BCUT2D eigenvalue weighted by atomic mass is 10.2. The van der Waals surface area contributed by atoms with Gasteiger partial charge in [-0.05, 0) is 44.5 Å². The van der Waals surface area contributed by atoms with Gasteiger partial charge in [0, 0.05) is 11.1 Å². The molecule has 1 amide bonds. The highest BCUT2D eigenvalue weighted by Crippen LogP contribution is 2.14. The molecular weight excluding hydrogens is 312 g/mol. The Morgan fingerprint density at radius 1 is 1.24 bits per heavy atom. The van der Waals surface area contributed by atoms with Crippen LogP contribution >= 0.6 is 11.6 Å². The number of rotatable bonds is 7. The number of sulfonamides is 1. The van der Waals surface area contributed by atoms with E-state index in [1.54, 1.807) is 0 Å². The Hall–Kier alpha value is -1.11. The zero-order valence-electron chi connectivity index (χ0n) is 12.4. The van der Waals surface area contributed by atoms with Crippen LogP contribution in [-0.2, 0) is 14.8 Å². The first-order chi connectivity index (χ1) is 9.76. The molecule has 0 unspecified atom stereocenters. The summed E-state index contributed by atoms with van der Waals surface area (Å²) in [6.07, 6.45) is 1.80. The van der Waals surface area contributed by atoms with Gasteiger partial charge in [0.1, 0.15) is 0 Å². The lowest BCUT2D eigenvalue weighted by molar-refractivity contribution is -0.123. The third kappa shape index (κ3) is 5.65. The maximum Gasteiger partial charge on any atom is 0.241 e. The molecule has 5 nitrogen and oxygen atoms in total. The Morgan fingerprint density at radius 3 is 2.33 bits per heavy atom. The standard InChI is InChI=1S/C14H21ClN2O3S/c1-4-5-10(2)16-14(18)11(3)17-21(19,20)13-8-6-12(15)7-9-13/h6-11,17H,4-5H2,1-3H3,(H,16,18)/t10-,11+/m0/s1. The van der Waals surface area contributed by atoms with E-state index >= 15 is 0 Å². The number of nitrogens with one attached hydrogen (secondary N) is 2. The molecule has 7 heteroatoms. The van der Waals surface area contributed by atoms with Crippen LogP contribution in [0.5, 0.6) is 0 Å². The van der Waals surface area contributed by atoms with Crippen molar-refractivity contribution in [2.45, 2.75) is 50.6 Å². The van der Waals surface area contributed by atoms with Crippen molar-refractivity contribution in [3.05, 3.63) is 29.3 Å². The molecule has 0 aliphatic carbocycles. The number of halogens is 1. The van der Waals surface area contributed by atoms with Gasteiger partial charge in [0.15, 0.2) is 0 Å². The molecule has 1 aromatic rings. The maximum atomic E-state index is 12.1. The van der Waals surface area contributed by atoms with Crippen molar-refractivity contribution in [3.63, 3.8) is 0 Å². The Balaban J connectivity index is 2.70. The second kappa shape index (κ2) is 7.77. The summed E-state index contributed by atoms with van der Waals surface area (Å²) < 4.78 is 26.6. The summed E-state index contributed by atoms with van der Waals surface area (Å²) in [6, 6.07) is 4.95. The van der Waals surface area contributed by atoms with Gasteiger partial charge in [-0.25, -0.2) is 8.42 Å². The van der Waals surface area contributed by atoms with Gasteiger partial charge in [0.25, 0.3) is 0 Å².